The number of hydrogen-bond donors (Lipinski definition) is 1. The maximum atomic E-state index is 13.6. The second kappa shape index (κ2) is 6.00. The van der Waals surface area contributed by atoms with E-state index in [0.29, 0.717) is 10.3 Å². The van der Waals surface area contributed by atoms with Crippen molar-refractivity contribution < 1.29 is 14.1 Å². The van der Waals surface area contributed by atoms with Crippen LogP contribution in [0.5, 0.6) is 0 Å². The van der Waals surface area contributed by atoms with Crippen molar-refractivity contribution in [3.8, 4) is 0 Å². The van der Waals surface area contributed by atoms with Gasteiger partial charge in [0.15, 0.2) is 12.4 Å². The normalized spacial score (nSPS) is 10.4. The topological polar surface area (TPSA) is 90.1 Å². The molecule has 21 heavy (non-hydrogen) atoms. The summed E-state index contributed by atoms with van der Waals surface area (Å²) in [7, 11) is 0. The molecule has 1 heterocycles. The van der Waals surface area contributed by atoms with Crippen LogP contribution in [-0.2, 0) is 11.3 Å². The molecule has 110 valence electrons. The second-order valence-corrected chi connectivity index (χ2v) is 5.09. The summed E-state index contributed by atoms with van der Waals surface area (Å²) in [5, 5.41) is 13.2. The van der Waals surface area contributed by atoms with Gasteiger partial charge in [-0.05, 0) is 23.1 Å². The molecular formula is C12H10BrFN4O3. The lowest BCUT2D eigenvalue weighted by Gasteiger charge is -2.07. The number of anilines is 1. The number of amides is 1. The van der Waals surface area contributed by atoms with Crippen molar-refractivity contribution in [2.45, 2.75) is 13.5 Å². The minimum absolute atomic E-state index is 0.00335. The average molecular weight is 357 g/mol. The number of nitro groups is 1. The molecule has 9 heteroatoms. The van der Waals surface area contributed by atoms with Gasteiger partial charge in [-0.15, -0.1) is 0 Å². The highest BCUT2D eigenvalue weighted by molar-refractivity contribution is 9.10. The molecule has 1 aromatic heterocycles. The fraction of sp³-hybridized carbons (Fsp3) is 0.167. The van der Waals surface area contributed by atoms with Crippen LogP contribution in [0.15, 0.2) is 28.9 Å². The highest BCUT2D eigenvalue weighted by Crippen LogP contribution is 2.20. The monoisotopic (exact) mass is 356 g/mol. The van der Waals surface area contributed by atoms with Crippen LogP contribution in [0, 0.1) is 22.9 Å². The van der Waals surface area contributed by atoms with E-state index in [2.05, 4.69) is 26.2 Å². The van der Waals surface area contributed by atoms with Gasteiger partial charge in [0, 0.05) is 11.4 Å². The van der Waals surface area contributed by atoms with Crippen molar-refractivity contribution >= 4 is 33.3 Å². The molecule has 0 bridgehead atoms. The summed E-state index contributed by atoms with van der Waals surface area (Å²) in [6.07, 6.45) is 1.07. The predicted octanol–water partition coefficient (Wildman–Crippen LogP) is 2.64. The van der Waals surface area contributed by atoms with E-state index in [1.54, 1.807) is 13.0 Å². The molecule has 0 aliphatic carbocycles. The van der Waals surface area contributed by atoms with Gasteiger partial charge in [-0.2, -0.15) is 0 Å². The number of carbonyl (C=O) groups excluding carboxylic acids is 1. The molecule has 2 rings (SSSR count). The summed E-state index contributed by atoms with van der Waals surface area (Å²) in [5.41, 5.74) is 0.00335. The Bertz CT molecular complexity index is 717. The van der Waals surface area contributed by atoms with Crippen LogP contribution in [-0.4, -0.2) is 20.4 Å². The van der Waals surface area contributed by atoms with Gasteiger partial charge in [0.1, 0.15) is 12.0 Å². The molecule has 1 aromatic carbocycles. The van der Waals surface area contributed by atoms with Crippen LogP contribution in [0.2, 0.25) is 0 Å². The lowest BCUT2D eigenvalue weighted by Crippen LogP contribution is -2.21. The minimum atomic E-state index is -0.631. The summed E-state index contributed by atoms with van der Waals surface area (Å²) in [4.78, 5) is 25.9. The predicted molar refractivity (Wildman–Crippen MR) is 76.3 cm³/mol. The summed E-state index contributed by atoms with van der Waals surface area (Å²) in [6, 6.07) is 4.18. The number of nitrogens with one attached hydrogen (secondary N) is 1. The van der Waals surface area contributed by atoms with E-state index >= 15 is 0 Å². The Morgan fingerprint density at radius 2 is 2.29 bits per heavy atom. The first-order valence-corrected chi connectivity index (χ1v) is 6.59. The second-order valence-electron chi connectivity index (χ2n) is 4.18. The summed E-state index contributed by atoms with van der Waals surface area (Å²) >= 11 is 3.11. The zero-order valence-corrected chi connectivity index (χ0v) is 12.4. The van der Waals surface area contributed by atoms with Gasteiger partial charge >= 0.3 is 5.82 Å². The molecule has 0 radical (unpaired) electrons. The SMILES string of the molecule is Cc1ncc([N+](=O)[O-])n1CC(=O)Nc1ccc(Br)cc1F. The number of imidazole rings is 1. The molecule has 1 amide bonds. The van der Waals surface area contributed by atoms with Gasteiger partial charge in [-0.25, -0.2) is 13.9 Å². The van der Waals surface area contributed by atoms with Crippen LogP contribution in [0.3, 0.4) is 0 Å². The quantitative estimate of drug-likeness (QED) is 0.673. The van der Waals surface area contributed by atoms with Crippen LogP contribution in [0.4, 0.5) is 15.9 Å². The number of aryl methyl sites for hydroxylation is 1. The van der Waals surface area contributed by atoms with E-state index in [4.69, 9.17) is 0 Å². The molecule has 0 spiro atoms. The smallest absolute Gasteiger partial charge is 0.343 e. The van der Waals surface area contributed by atoms with E-state index in [9.17, 15) is 19.3 Å². The molecule has 0 saturated carbocycles. The molecule has 0 aliphatic heterocycles. The molecule has 0 fully saturated rings. The average Bonchev–Trinajstić information content (AvgIpc) is 2.75. The van der Waals surface area contributed by atoms with Gasteiger partial charge in [0.05, 0.1) is 5.69 Å². The summed E-state index contributed by atoms with van der Waals surface area (Å²) in [6.45, 7) is 1.22. The molecule has 7 nitrogen and oxygen atoms in total. The van der Waals surface area contributed by atoms with Crippen molar-refractivity contribution in [2.24, 2.45) is 0 Å². The zero-order chi connectivity index (χ0) is 15.6. The van der Waals surface area contributed by atoms with E-state index in [0.717, 1.165) is 10.8 Å². The van der Waals surface area contributed by atoms with E-state index in [1.165, 1.54) is 12.1 Å². The molecular weight excluding hydrogens is 347 g/mol. The first-order chi connectivity index (χ1) is 9.88. The molecule has 0 unspecified atom stereocenters. The van der Waals surface area contributed by atoms with E-state index in [1.807, 2.05) is 0 Å². The number of hydrogen-bond acceptors (Lipinski definition) is 4. The first kappa shape index (κ1) is 15.1. The fourth-order valence-electron chi connectivity index (χ4n) is 1.72. The van der Waals surface area contributed by atoms with Crippen LogP contribution in [0.25, 0.3) is 0 Å². The highest BCUT2D eigenvalue weighted by Gasteiger charge is 2.20. The number of benzene rings is 1. The molecule has 0 atom stereocenters. The van der Waals surface area contributed by atoms with Crippen molar-refractivity contribution in [1.29, 1.82) is 0 Å². The summed E-state index contributed by atoms with van der Waals surface area (Å²) < 4.78 is 15.3. The van der Waals surface area contributed by atoms with Crippen molar-refractivity contribution in [3.63, 3.8) is 0 Å². The number of aromatic nitrogens is 2. The lowest BCUT2D eigenvalue weighted by atomic mass is 10.3. The Morgan fingerprint density at radius 3 is 2.90 bits per heavy atom. The number of carbonyl (C=O) groups is 1. The molecule has 1 N–H and O–H groups in total. The Labute approximate surface area is 127 Å². The van der Waals surface area contributed by atoms with E-state index in [-0.39, 0.29) is 18.1 Å². The fourth-order valence-corrected chi connectivity index (χ4v) is 2.05. The Morgan fingerprint density at radius 1 is 1.57 bits per heavy atom. The third-order valence-corrected chi connectivity index (χ3v) is 3.22. The van der Waals surface area contributed by atoms with Gasteiger partial charge in [0.25, 0.3) is 5.91 Å². The molecule has 0 saturated heterocycles. The van der Waals surface area contributed by atoms with Gasteiger partial charge < -0.3 is 15.4 Å². The third kappa shape index (κ3) is 3.43. The first-order valence-electron chi connectivity index (χ1n) is 5.80. The standard InChI is InChI=1S/C12H10BrFN4O3/c1-7-15-5-12(18(20)21)17(7)6-11(19)16-10-3-2-8(13)4-9(10)14/h2-5H,6H2,1H3,(H,16,19). The van der Waals surface area contributed by atoms with Gasteiger partial charge in [-0.1, -0.05) is 15.9 Å². The zero-order valence-electron chi connectivity index (χ0n) is 10.8. The molecule has 0 aliphatic rings. The van der Waals surface area contributed by atoms with Crippen molar-refractivity contribution in [1.82, 2.24) is 9.55 Å². The van der Waals surface area contributed by atoms with Crippen LogP contribution >= 0.6 is 15.9 Å². The Hall–Kier alpha value is -2.29. The lowest BCUT2D eigenvalue weighted by molar-refractivity contribution is -0.392. The molecule has 2 aromatic rings. The maximum Gasteiger partial charge on any atom is 0.343 e. The Balaban J connectivity index is 2.15. The largest absolute Gasteiger partial charge is 0.358 e. The van der Waals surface area contributed by atoms with Crippen LogP contribution < -0.4 is 5.32 Å². The van der Waals surface area contributed by atoms with Gasteiger partial charge in [-0.3, -0.25) is 4.79 Å². The maximum absolute atomic E-state index is 13.6. The Kier molecular flexibility index (Phi) is 4.32. The van der Waals surface area contributed by atoms with Gasteiger partial charge in [0.2, 0.25) is 0 Å². The van der Waals surface area contributed by atoms with Crippen LogP contribution in [0.1, 0.15) is 5.82 Å². The number of nitrogens with zero attached hydrogens (tertiary/aromatic N) is 3. The number of halogens is 2. The minimum Gasteiger partial charge on any atom is -0.358 e. The number of rotatable bonds is 4. The third-order valence-electron chi connectivity index (χ3n) is 2.73. The van der Waals surface area contributed by atoms with Crippen molar-refractivity contribution in [2.75, 3.05) is 5.32 Å². The highest BCUT2D eigenvalue weighted by atomic mass is 79.9. The van der Waals surface area contributed by atoms with E-state index < -0.39 is 16.6 Å². The van der Waals surface area contributed by atoms with Crippen molar-refractivity contribution in [3.05, 3.63) is 50.6 Å². The summed E-state index contributed by atoms with van der Waals surface area (Å²) in [5.74, 6) is -1.15.